The Kier molecular flexibility index (Phi) is 5.15. The van der Waals surface area contributed by atoms with Gasteiger partial charge in [-0.1, -0.05) is 4.49 Å². The number of aryl methyl sites for hydroxylation is 2. The van der Waals surface area contributed by atoms with Gasteiger partial charge >= 0.3 is 0 Å². The molecule has 0 aliphatic rings. The molecule has 0 unspecified atom stereocenters. The summed E-state index contributed by atoms with van der Waals surface area (Å²) in [6.45, 7) is 3.97. The zero-order valence-corrected chi connectivity index (χ0v) is 7.47. The first-order chi connectivity index (χ1) is 5.22. The van der Waals surface area contributed by atoms with Crippen molar-refractivity contribution in [2.45, 2.75) is 13.8 Å². The summed E-state index contributed by atoms with van der Waals surface area (Å²) in [5, 5.41) is 3.78. The summed E-state index contributed by atoms with van der Waals surface area (Å²) < 4.78 is 3.71. The molecule has 5 heteroatoms. The van der Waals surface area contributed by atoms with Crippen molar-refractivity contribution in [1.29, 1.82) is 0 Å². The lowest BCUT2D eigenvalue weighted by atomic mass is 10.4. The number of carbonyl (C=O) groups excluding carboxylic acids is 1. The zero-order valence-electron chi connectivity index (χ0n) is 6.66. The van der Waals surface area contributed by atoms with Crippen LogP contribution in [0.3, 0.4) is 0 Å². The van der Waals surface area contributed by atoms with Crippen LogP contribution in [0.25, 0.3) is 0 Å². The highest BCUT2D eigenvalue weighted by Crippen LogP contribution is 2.04. The predicted molar refractivity (Wildman–Crippen MR) is 43.4 cm³/mol. The van der Waals surface area contributed by atoms with Gasteiger partial charge in [0.15, 0.2) is 0 Å². The fraction of sp³-hybridized carbons (Fsp3) is 0.500. The molecule has 1 aromatic heterocycles. The Hall–Kier alpha value is -1.06. The second kappa shape index (κ2) is 5.70. The minimum absolute atomic E-state index is 1.05. The monoisotopic (exact) mass is 171 g/mol. The van der Waals surface area contributed by atoms with Crippen LogP contribution in [0.4, 0.5) is 0 Å². The minimum atomic E-state index is 1.05. The van der Waals surface area contributed by atoms with Crippen LogP contribution in [0.15, 0.2) is 4.99 Å². The third kappa shape index (κ3) is 4.36. The molecule has 0 N–H and O–H groups in total. The number of aliphatic imine (C=N–C) groups is 1. The first-order valence-corrected chi connectivity index (χ1v) is 3.71. The van der Waals surface area contributed by atoms with Crippen molar-refractivity contribution < 1.29 is 4.79 Å². The van der Waals surface area contributed by atoms with Gasteiger partial charge < -0.3 is 0 Å². The molecule has 0 bridgehead atoms. The largest absolute Gasteiger partial charge is 0.234 e. The zero-order chi connectivity index (χ0) is 8.69. The van der Waals surface area contributed by atoms with Crippen LogP contribution in [0.5, 0.6) is 0 Å². The molecule has 0 aliphatic carbocycles. The van der Waals surface area contributed by atoms with Crippen molar-refractivity contribution in [3.8, 4) is 0 Å². The second-order valence-corrected chi connectivity index (χ2v) is 2.69. The summed E-state index contributed by atoms with van der Waals surface area (Å²) in [5.41, 5.74) is 1.05. The molecule has 0 spiro atoms. The molecule has 0 aliphatic heterocycles. The number of aromatic nitrogens is 2. The Morgan fingerprint density at radius 3 is 2.18 bits per heavy atom. The second-order valence-electron chi connectivity index (χ2n) is 1.73. The van der Waals surface area contributed by atoms with E-state index in [0.717, 1.165) is 5.69 Å². The van der Waals surface area contributed by atoms with E-state index in [1.54, 1.807) is 0 Å². The highest BCUT2D eigenvalue weighted by atomic mass is 32.1. The smallest absolute Gasteiger partial charge is 0.211 e. The van der Waals surface area contributed by atoms with Crippen LogP contribution in [-0.4, -0.2) is 22.7 Å². The molecule has 0 fully saturated rings. The quantitative estimate of drug-likeness (QED) is 0.434. The van der Waals surface area contributed by atoms with Gasteiger partial charge in [-0.3, -0.25) is 0 Å². The summed E-state index contributed by atoms with van der Waals surface area (Å²) in [6, 6.07) is 0. The van der Waals surface area contributed by atoms with Gasteiger partial charge in [-0.25, -0.2) is 9.79 Å². The number of rotatable bonds is 0. The highest BCUT2D eigenvalue weighted by molar-refractivity contribution is 7.05. The van der Waals surface area contributed by atoms with Crippen molar-refractivity contribution in [2.75, 3.05) is 7.05 Å². The standard InChI is InChI=1S/C4H6N2S.C2H3NO/c1-3-4(2)7-6-5-3;1-3-2-4/h1-2H3;1H3. The highest BCUT2D eigenvalue weighted by Gasteiger charge is 1.91. The van der Waals surface area contributed by atoms with Crippen LogP contribution in [-0.2, 0) is 4.79 Å². The average molecular weight is 171 g/mol. The summed E-state index contributed by atoms with van der Waals surface area (Å²) in [7, 11) is 1.38. The number of hydrogen-bond donors (Lipinski definition) is 0. The molecule has 60 valence electrons. The summed E-state index contributed by atoms with van der Waals surface area (Å²) in [4.78, 5) is 13.0. The molecule has 0 aromatic carbocycles. The molecule has 11 heavy (non-hydrogen) atoms. The molecule has 1 rings (SSSR count). The van der Waals surface area contributed by atoms with E-state index in [0.29, 0.717) is 0 Å². The topological polar surface area (TPSA) is 55.2 Å². The number of isocyanates is 1. The summed E-state index contributed by atoms with van der Waals surface area (Å²) in [6.07, 6.45) is 1.31. The van der Waals surface area contributed by atoms with Gasteiger partial charge in [0.1, 0.15) is 0 Å². The Bertz CT molecular complexity index is 236. The normalized spacial score (nSPS) is 7.55. The van der Waals surface area contributed by atoms with Gasteiger partial charge in [0, 0.05) is 11.9 Å². The van der Waals surface area contributed by atoms with Crippen LogP contribution >= 0.6 is 11.5 Å². The lowest BCUT2D eigenvalue weighted by Gasteiger charge is -1.74. The van der Waals surface area contributed by atoms with E-state index in [4.69, 9.17) is 4.79 Å². The molecular formula is C6H9N3OS. The van der Waals surface area contributed by atoms with Crippen molar-refractivity contribution in [2.24, 2.45) is 4.99 Å². The Balaban J connectivity index is 0.000000218. The Morgan fingerprint density at radius 1 is 1.55 bits per heavy atom. The van der Waals surface area contributed by atoms with Gasteiger partial charge in [0.2, 0.25) is 6.08 Å². The third-order valence-electron chi connectivity index (χ3n) is 0.969. The summed E-state index contributed by atoms with van der Waals surface area (Å²) >= 11 is 1.44. The van der Waals surface area contributed by atoms with Gasteiger partial charge in [0.05, 0.1) is 5.69 Å². The van der Waals surface area contributed by atoms with E-state index >= 15 is 0 Å². The van der Waals surface area contributed by atoms with Crippen molar-refractivity contribution in [3.63, 3.8) is 0 Å². The molecule has 0 atom stereocenters. The average Bonchev–Trinajstić information content (AvgIpc) is 2.37. The van der Waals surface area contributed by atoms with Gasteiger partial charge in [-0.05, 0) is 25.4 Å². The van der Waals surface area contributed by atoms with Crippen LogP contribution < -0.4 is 0 Å². The molecule has 0 radical (unpaired) electrons. The third-order valence-corrected chi connectivity index (χ3v) is 1.70. The Labute approximate surface area is 69.1 Å². The van der Waals surface area contributed by atoms with Crippen LogP contribution in [0, 0.1) is 13.8 Å². The Morgan fingerprint density at radius 2 is 2.09 bits per heavy atom. The van der Waals surface area contributed by atoms with Crippen molar-refractivity contribution in [3.05, 3.63) is 10.6 Å². The molecule has 4 nitrogen and oxygen atoms in total. The van der Waals surface area contributed by atoms with Crippen molar-refractivity contribution >= 4 is 17.6 Å². The van der Waals surface area contributed by atoms with Gasteiger partial charge in [-0.15, -0.1) is 5.10 Å². The lowest BCUT2D eigenvalue weighted by Crippen LogP contribution is -1.70. The minimum Gasteiger partial charge on any atom is -0.211 e. The maximum atomic E-state index is 8.88. The molecule has 0 saturated heterocycles. The van der Waals surface area contributed by atoms with Crippen molar-refractivity contribution in [1.82, 2.24) is 9.59 Å². The predicted octanol–water partition coefficient (Wildman–Crippen LogP) is 1.11. The fourth-order valence-electron chi connectivity index (χ4n) is 0.279. The van der Waals surface area contributed by atoms with E-state index < -0.39 is 0 Å². The van der Waals surface area contributed by atoms with Crippen LogP contribution in [0.1, 0.15) is 10.6 Å². The molecule has 1 aromatic rings. The van der Waals surface area contributed by atoms with Gasteiger partial charge in [-0.2, -0.15) is 0 Å². The van der Waals surface area contributed by atoms with E-state index in [9.17, 15) is 0 Å². The van der Waals surface area contributed by atoms with Gasteiger partial charge in [0.25, 0.3) is 0 Å². The fourth-order valence-corrected chi connectivity index (χ4v) is 0.738. The van der Waals surface area contributed by atoms with E-state index in [1.165, 1.54) is 29.5 Å². The molecule has 1 heterocycles. The number of nitrogens with zero attached hydrogens (tertiary/aromatic N) is 3. The lowest BCUT2D eigenvalue weighted by molar-refractivity contribution is 0.564. The molecular weight excluding hydrogens is 162 g/mol. The van der Waals surface area contributed by atoms with E-state index in [2.05, 4.69) is 14.6 Å². The van der Waals surface area contributed by atoms with E-state index in [-0.39, 0.29) is 0 Å². The summed E-state index contributed by atoms with van der Waals surface area (Å²) in [5.74, 6) is 0. The maximum Gasteiger partial charge on any atom is 0.234 e. The maximum absolute atomic E-state index is 8.88. The number of hydrogen-bond acceptors (Lipinski definition) is 5. The van der Waals surface area contributed by atoms with Crippen LogP contribution in [0.2, 0.25) is 0 Å². The first-order valence-electron chi connectivity index (χ1n) is 2.94. The first kappa shape index (κ1) is 9.94. The SMILES string of the molecule is CN=C=O.Cc1nnsc1C. The molecule has 0 amide bonds. The molecule has 0 saturated carbocycles. The van der Waals surface area contributed by atoms with E-state index in [1.807, 2.05) is 13.8 Å².